The van der Waals surface area contributed by atoms with E-state index in [1.54, 1.807) is 16.9 Å². The quantitative estimate of drug-likeness (QED) is 0.620. The number of pyridine rings is 1. The lowest BCUT2D eigenvalue weighted by Crippen LogP contribution is -2.09. The molecule has 1 N–H and O–H groups in total. The number of fused-ring (bicyclic) bond motifs is 1. The predicted octanol–water partition coefficient (Wildman–Crippen LogP) is 4.30. The molecular weight excluding hydrogens is 312 g/mol. The van der Waals surface area contributed by atoms with Gasteiger partial charge in [-0.05, 0) is 24.5 Å². The van der Waals surface area contributed by atoms with Crippen LogP contribution in [0.4, 0.5) is 5.82 Å². The summed E-state index contributed by atoms with van der Waals surface area (Å²) < 4.78 is 1.80. The summed E-state index contributed by atoms with van der Waals surface area (Å²) in [6.07, 6.45) is 8.44. The van der Waals surface area contributed by atoms with Crippen LogP contribution in [0.2, 0.25) is 0 Å². The molecule has 3 heterocycles. The second kappa shape index (κ2) is 8.05. The topological polar surface area (TPSA) is 68.0 Å². The van der Waals surface area contributed by atoms with E-state index < -0.39 is 0 Å². The van der Waals surface area contributed by atoms with Gasteiger partial charge in [0.05, 0.1) is 5.69 Å². The van der Waals surface area contributed by atoms with Crippen molar-refractivity contribution in [1.29, 1.82) is 0 Å². The molecule has 0 saturated heterocycles. The van der Waals surface area contributed by atoms with E-state index in [-0.39, 0.29) is 0 Å². The largest absolute Gasteiger partial charge is 0.370 e. The summed E-state index contributed by atoms with van der Waals surface area (Å²) in [5.41, 5.74) is 1.92. The van der Waals surface area contributed by atoms with Crippen LogP contribution in [0.15, 0.2) is 30.6 Å². The average molecular weight is 338 g/mol. The maximum atomic E-state index is 4.67. The normalized spacial score (nSPS) is 11.4. The molecule has 0 aliphatic carbocycles. The van der Waals surface area contributed by atoms with Gasteiger partial charge in [0.15, 0.2) is 5.82 Å². The lowest BCUT2D eigenvalue weighted by molar-refractivity contribution is 0.682. The molecule has 0 fully saturated rings. The van der Waals surface area contributed by atoms with Gasteiger partial charge in [-0.2, -0.15) is 9.50 Å². The number of hydrogen-bond donors (Lipinski definition) is 1. The SMILES string of the molecule is CCCCCCNc1cc(C(C)C)nc2nc(-c3cccnc3)nn12. The monoisotopic (exact) mass is 338 g/mol. The van der Waals surface area contributed by atoms with Crippen molar-refractivity contribution < 1.29 is 0 Å². The average Bonchev–Trinajstić information content (AvgIpc) is 3.06. The molecular formula is C19H26N6. The summed E-state index contributed by atoms with van der Waals surface area (Å²) in [5.74, 6) is 2.56. The van der Waals surface area contributed by atoms with Gasteiger partial charge in [-0.1, -0.05) is 40.0 Å². The third-order valence-electron chi connectivity index (χ3n) is 4.18. The minimum absolute atomic E-state index is 0.337. The fourth-order valence-electron chi connectivity index (χ4n) is 2.69. The van der Waals surface area contributed by atoms with Gasteiger partial charge >= 0.3 is 0 Å². The van der Waals surface area contributed by atoms with Gasteiger partial charge in [0.1, 0.15) is 5.82 Å². The van der Waals surface area contributed by atoms with Crippen molar-refractivity contribution in [2.45, 2.75) is 52.4 Å². The summed E-state index contributed by atoms with van der Waals surface area (Å²) in [6.45, 7) is 7.44. The van der Waals surface area contributed by atoms with Crippen LogP contribution in [-0.2, 0) is 0 Å². The zero-order chi connectivity index (χ0) is 17.6. The minimum atomic E-state index is 0.337. The predicted molar refractivity (Wildman–Crippen MR) is 101 cm³/mol. The highest BCUT2D eigenvalue weighted by atomic mass is 15.4. The minimum Gasteiger partial charge on any atom is -0.370 e. The van der Waals surface area contributed by atoms with Crippen molar-refractivity contribution in [2.75, 3.05) is 11.9 Å². The van der Waals surface area contributed by atoms with E-state index in [1.165, 1.54) is 19.3 Å². The van der Waals surface area contributed by atoms with Crippen molar-refractivity contribution >= 4 is 11.6 Å². The maximum absolute atomic E-state index is 4.67. The smallest absolute Gasteiger partial charge is 0.254 e. The Bertz CT molecular complexity index is 809. The van der Waals surface area contributed by atoms with Crippen molar-refractivity contribution in [1.82, 2.24) is 24.6 Å². The molecule has 3 rings (SSSR count). The Morgan fingerprint density at radius 3 is 2.76 bits per heavy atom. The number of anilines is 1. The summed E-state index contributed by atoms with van der Waals surface area (Å²) in [5, 5.41) is 8.15. The van der Waals surface area contributed by atoms with E-state index in [0.717, 1.165) is 30.0 Å². The van der Waals surface area contributed by atoms with E-state index in [1.807, 2.05) is 12.1 Å². The Kier molecular flexibility index (Phi) is 5.58. The van der Waals surface area contributed by atoms with Crippen LogP contribution in [0, 0.1) is 0 Å². The molecule has 132 valence electrons. The number of hydrogen-bond acceptors (Lipinski definition) is 5. The van der Waals surface area contributed by atoms with E-state index in [0.29, 0.717) is 17.5 Å². The van der Waals surface area contributed by atoms with Crippen molar-refractivity contribution in [3.05, 3.63) is 36.3 Å². The van der Waals surface area contributed by atoms with E-state index >= 15 is 0 Å². The third kappa shape index (κ3) is 4.13. The van der Waals surface area contributed by atoms with Crippen LogP contribution < -0.4 is 5.32 Å². The van der Waals surface area contributed by atoms with Crippen LogP contribution in [-0.4, -0.2) is 31.1 Å². The van der Waals surface area contributed by atoms with Crippen LogP contribution in [0.5, 0.6) is 0 Å². The molecule has 0 radical (unpaired) electrons. The molecule has 0 unspecified atom stereocenters. The summed E-state index contributed by atoms with van der Waals surface area (Å²) >= 11 is 0. The second-order valence-corrected chi connectivity index (χ2v) is 6.60. The Hall–Kier alpha value is -2.50. The molecule has 0 amide bonds. The van der Waals surface area contributed by atoms with Gasteiger partial charge in [-0.3, -0.25) is 4.98 Å². The summed E-state index contributed by atoms with van der Waals surface area (Å²) in [6, 6.07) is 5.93. The highest BCUT2D eigenvalue weighted by Gasteiger charge is 2.14. The molecule has 3 aromatic heterocycles. The Morgan fingerprint density at radius 1 is 1.16 bits per heavy atom. The summed E-state index contributed by atoms with van der Waals surface area (Å²) in [7, 11) is 0. The first kappa shape index (κ1) is 17.3. The molecule has 0 atom stereocenters. The first-order chi connectivity index (χ1) is 12.2. The van der Waals surface area contributed by atoms with Gasteiger partial charge in [-0.15, -0.1) is 5.10 Å². The third-order valence-corrected chi connectivity index (χ3v) is 4.18. The number of aromatic nitrogens is 5. The Labute approximate surface area is 148 Å². The highest BCUT2D eigenvalue weighted by molar-refractivity contribution is 5.57. The molecule has 3 aromatic rings. The fourth-order valence-corrected chi connectivity index (χ4v) is 2.69. The lowest BCUT2D eigenvalue weighted by atomic mass is 10.1. The van der Waals surface area contributed by atoms with Crippen molar-refractivity contribution in [3.8, 4) is 11.4 Å². The molecule has 6 heteroatoms. The highest BCUT2D eigenvalue weighted by Crippen LogP contribution is 2.21. The Balaban J connectivity index is 1.91. The number of nitrogens with zero attached hydrogens (tertiary/aromatic N) is 5. The lowest BCUT2D eigenvalue weighted by Gasteiger charge is -2.11. The molecule has 0 aromatic carbocycles. The van der Waals surface area contributed by atoms with E-state index in [2.05, 4.69) is 52.2 Å². The van der Waals surface area contributed by atoms with Gasteiger partial charge < -0.3 is 5.32 Å². The standard InChI is InChI=1S/C19H26N6/c1-4-5-6-7-11-21-17-12-16(14(2)3)22-19-23-18(24-25(17)19)15-9-8-10-20-13-15/h8-10,12-14,21H,4-7,11H2,1-3H3. The van der Waals surface area contributed by atoms with Gasteiger partial charge in [-0.25, -0.2) is 4.98 Å². The van der Waals surface area contributed by atoms with Crippen LogP contribution in [0.3, 0.4) is 0 Å². The Morgan fingerprint density at radius 2 is 2.04 bits per heavy atom. The zero-order valence-corrected chi connectivity index (χ0v) is 15.2. The van der Waals surface area contributed by atoms with Gasteiger partial charge in [0.25, 0.3) is 5.78 Å². The van der Waals surface area contributed by atoms with Gasteiger partial charge in [0, 0.05) is 30.6 Å². The van der Waals surface area contributed by atoms with Crippen molar-refractivity contribution in [3.63, 3.8) is 0 Å². The number of nitrogens with one attached hydrogen (secondary N) is 1. The molecule has 0 saturated carbocycles. The fraction of sp³-hybridized carbons (Fsp3) is 0.474. The zero-order valence-electron chi connectivity index (χ0n) is 15.2. The van der Waals surface area contributed by atoms with Crippen LogP contribution in [0.25, 0.3) is 17.2 Å². The first-order valence-electron chi connectivity index (χ1n) is 9.11. The molecule has 0 bridgehead atoms. The molecule has 0 spiro atoms. The maximum Gasteiger partial charge on any atom is 0.254 e. The first-order valence-corrected chi connectivity index (χ1v) is 9.11. The number of unbranched alkanes of at least 4 members (excludes halogenated alkanes) is 3. The van der Waals surface area contributed by atoms with E-state index in [4.69, 9.17) is 0 Å². The van der Waals surface area contributed by atoms with E-state index in [9.17, 15) is 0 Å². The van der Waals surface area contributed by atoms with Crippen LogP contribution in [0.1, 0.15) is 58.1 Å². The van der Waals surface area contributed by atoms with Crippen LogP contribution >= 0.6 is 0 Å². The molecule has 25 heavy (non-hydrogen) atoms. The summed E-state index contributed by atoms with van der Waals surface area (Å²) in [4.78, 5) is 13.4. The molecule has 0 aliphatic heterocycles. The molecule has 0 aliphatic rings. The van der Waals surface area contributed by atoms with Gasteiger partial charge in [0.2, 0.25) is 0 Å². The second-order valence-electron chi connectivity index (χ2n) is 6.60. The van der Waals surface area contributed by atoms with Crippen molar-refractivity contribution in [2.24, 2.45) is 0 Å². The molecule has 6 nitrogen and oxygen atoms in total. The number of rotatable bonds is 8.